The molecule has 0 saturated carbocycles. The number of imidazole rings is 1. The van der Waals surface area contributed by atoms with E-state index in [0.29, 0.717) is 11.8 Å². The van der Waals surface area contributed by atoms with Gasteiger partial charge in [-0.1, -0.05) is 39.8 Å². The van der Waals surface area contributed by atoms with Gasteiger partial charge >= 0.3 is 0 Å². The van der Waals surface area contributed by atoms with Crippen LogP contribution in [0.5, 0.6) is 5.75 Å². The first kappa shape index (κ1) is 18.8. The maximum absolute atomic E-state index is 5.85. The summed E-state index contributed by atoms with van der Waals surface area (Å²) in [6, 6.07) is 15.6. The zero-order valence-electron chi connectivity index (χ0n) is 15.2. The number of H-pyrrole nitrogens is 1. The number of halogens is 1. The smallest absolute Gasteiger partial charge is 0.247 e. The minimum absolute atomic E-state index is 0.0385. The summed E-state index contributed by atoms with van der Waals surface area (Å²) < 4.78 is 12.1. The summed E-state index contributed by atoms with van der Waals surface area (Å²) in [5, 5.41) is 9.11. The summed E-state index contributed by atoms with van der Waals surface area (Å²) in [6.45, 7) is 2.01. The Morgan fingerprint density at radius 3 is 2.46 bits per heavy atom. The van der Waals surface area contributed by atoms with Gasteiger partial charge in [-0.3, -0.25) is 0 Å². The van der Waals surface area contributed by atoms with E-state index < -0.39 is 0 Å². The maximum atomic E-state index is 5.85. The summed E-state index contributed by atoms with van der Waals surface area (Å²) in [5.74, 6) is 1.82. The normalized spacial score (nSPS) is 12.1. The van der Waals surface area contributed by atoms with Crippen molar-refractivity contribution in [3.63, 3.8) is 0 Å². The second kappa shape index (κ2) is 8.20. The third kappa shape index (κ3) is 4.13. The van der Waals surface area contributed by atoms with Crippen molar-refractivity contribution >= 4 is 27.7 Å². The number of thioether (sulfide) groups is 1. The first-order chi connectivity index (χ1) is 13.6. The molecule has 0 saturated heterocycles. The average molecular weight is 457 g/mol. The first-order valence-corrected chi connectivity index (χ1v) is 10.2. The fourth-order valence-electron chi connectivity index (χ4n) is 2.61. The van der Waals surface area contributed by atoms with Gasteiger partial charge in [0, 0.05) is 10.0 Å². The number of nitrogens with zero attached hydrogens (tertiary/aromatic N) is 3. The molecule has 4 aromatic rings. The Hall–Kier alpha value is -2.58. The van der Waals surface area contributed by atoms with E-state index in [1.165, 1.54) is 11.8 Å². The number of ether oxygens (including phenoxy) is 1. The maximum Gasteiger partial charge on any atom is 0.247 e. The van der Waals surface area contributed by atoms with Gasteiger partial charge in [0.1, 0.15) is 5.75 Å². The molecule has 0 amide bonds. The molecule has 28 heavy (non-hydrogen) atoms. The highest BCUT2D eigenvalue weighted by molar-refractivity contribution is 9.10. The van der Waals surface area contributed by atoms with Gasteiger partial charge in [0.2, 0.25) is 11.8 Å². The Kier molecular flexibility index (Phi) is 5.50. The number of rotatable bonds is 6. The summed E-state index contributed by atoms with van der Waals surface area (Å²) in [5.41, 5.74) is 2.90. The molecule has 0 aliphatic heterocycles. The molecule has 0 fully saturated rings. The van der Waals surface area contributed by atoms with Crippen LogP contribution in [-0.2, 0) is 0 Å². The molecular weight excluding hydrogens is 440 g/mol. The van der Waals surface area contributed by atoms with Crippen molar-refractivity contribution in [2.24, 2.45) is 0 Å². The second-order valence-electron chi connectivity index (χ2n) is 6.04. The molecule has 2 aromatic carbocycles. The molecule has 6 nitrogen and oxygen atoms in total. The molecule has 2 heterocycles. The lowest BCUT2D eigenvalue weighted by molar-refractivity contribution is 0.415. The van der Waals surface area contributed by atoms with E-state index >= 15 is 0 Å². The van der Waals surface area contributed by atoms with Crippen molar-refractivity contribution in [3.05, 3.63) is 65.1 Å². The summed E-state index contributed by atoms with van der Waals surface area (Å²) in [7, 11) is 1.63. The molecule has 0 unspecified atom stereocenters. The van der Waals surface area contributed by atoms with Crippen LogP contribution >= 0.6 is 27.7 Å². The fraction of sp³-hybridized carbons (Fsp3) is 0.150. The lowest BCUT2D eigenvalue weighted by Gasteiger charge is -2.04. The molecule has 8 heteroatoms. The zero-order chi connectivity index (χ0) is 19.5. The standard InChI is InChI=1S/C20H17BrN4O2S/c1-12(18-24-25-19(27-18)14-5-9-16(26-2)10-6-14)28-20-22-11-17(23-20)13-3-7-15(21)8-4-13/h3-12H,1-2H3,(H,22,23)/t12-/m1/s1. The van der Waals surface area contributed by atoms with Gasteiger partial charge in [0.15, 0.2) is 5.16 Å². The van der Waals surface area contributed by atoms with Gasteiger partial charge in [0.25, 0.3) is 0 Å². The van der Waals surface area contributed by atoms with Crippen molar-refractivity contribution in [2.75, 3.05) is 7.11 Å². The molecule has 1 atom stereocenters. The van der Waals surface area contributed by atoms with Crippen molar-refractivity contribution in [3.8, 4) is 28.5 Å². The largest absolute Gasteiger partial charge is 0.497 e. The first-order valence-electron chi connectivity index (χ1n) is 8.58. The number of hydrogen-bond acceptors (Lipinski definition) is 6. The highest BCUT2D eigenvalue weighted by Gasteiger charge is 2.18. The van der Waals surface area contributed by atoms with Crippen LogP contribution in [0.1, 0.15) is 18.1 Å². The summed E-state index contributed by atoms with van der Waals surface area (Å²) >= 11 is 4.99. The van der Waals surface area contributed by atoms with Crippen LogP contribution in [0.4, 0.5) is 0 Å². The number of methoxy groups -OCH3 is 1. The van der Waals surface area contributed by atoms with Crippen LogP contribution in [0.15, 0.2) is 68.8 Å². The molecule has 0 bridgehead atoms. The Morgan fingerprint density at radius 2 is 1.75 bits per heavy atom. The quantitative estimate of drug-likeness (QED) is 0.372. The molecule has 0 radical (unpaired) electrons. The molecule has 0 spiro atoms. The van der Waals surface area contributed by atoms with E-state index in [-0.39, 0.29) is 5.25 Å². The van der Waals surface area contributed by atoms with E-state index in [4.69, 9.17) is 9.15 Å². The Bertz CT molecular complexity index is 1060. The van der Waals surface area contributed by atoms with Crippen LogP contribution in [0, 0.1) is 0 Å². The van der Waals surface area contributed by atoms with Crippen LogP contribution < -0.4 is 4.74 Å². The number of benzene rings is 2. The molecule has 1 N–H and O–H groups in total. The predicted octanol–water partition coefficient (Wildman–Crippen LogP) is 5.75. The Morgan fingerprint density at radius 1 is 1.04 bits per heavy atom. The SMILES string of the molecule is COc1ccc(-c2nnc([C@@H](C)Sc3ncc(-c4ccc(Br)cc4)[nH]3)o2)cc1. The lowest BCUT2D eigenvalue weighted by Crippen LogP contribution is -1.89. The topological polar surface area (TPSA) is 76.8 Å². The Labute approximate surface area is 174 Å². The van der Waals surface area contributed by atoms with Crippen molar-refractivity contribution in [1.82, 2.24) is 20.2 Å². The number of nitrogens with one attached hydrogen (secondary N) is 1. The molecule has 0 aliphatic carbocycles. The van der Waals surface area contributed by atoms with Crippen LogP contribution in [0.25, 0.3) is 22.7 Å². The number of aromatic nitrogens is 4. The van der Waals surface area contributed by atoms with Crippen molar-refractivity contribution in [1.29, 1.82) is 0 Å². The molecule has 4 rings (SSSR count). The van der Waals surface area contributed by atoms with Crippen molar-refractivity contribution < 1.29 is 9.15 Å². The Balaban J connectivity index is 1.46. The number of aromatic amines is 1. The monoisotopic (exact) mass is 456 g/mol. The molecular formula is C20H17BrN4O2S. The summed E-state index contributed by atoms with van der Waals surface area (Å²) in [6.07, 6.45) is 1.83. The van der Waals surface area contributed by atoms with E-state index in [0.717, 1.165) is 32.2 Å². The van der Waals surface area contributed by atoms with Crippen molar-refractivity contribution in [2.45, 2.75) is 17.3 Å². The lowest BCUT2D eigenvalue weighted by atomic mass is 10.2. The third-order valence-electron chi connectivity index (χ3n) is 4.12. The number of hydrogen-bond donors (Lipinski definition) is 1. The van der Waals surface area contributed by atoms with Gasteiger partial charge in [-0.2, -0.15) is 0 Å². The average Bonchev–Trinajstić information content (AvgIpc) is 3.39. The van der Waals surface area contributed by atoms with Crippen LogP contribution in [-0.4, -0.2) is 27.3 Å². The minimum Gasteiger partial charge on any atom is -0.497 e. The van der Waals surface area contributed by atoms with Gasteiger partial charge in [-0.15, -0.1) is 10.2 Å². The van der Waals surface area contributed by atoms with E-state index in [1.807, 2.05) is 61.7 Å². The highest BCUT2D eigenvalue weighted by Crippen LogP contribution is 2.34. The van der Waals surface area contributed by atoms with E-state index in [2.05, 4.69) is 36.1 Å². The van der Waals surface area contributed by atoms with Crippen LogP contribution in [0.2, 0.25) is 0 Å². The molecule has 0 aliphatic rings. The van der Waals surface area contributed by atoms with E-state index in [9.17, 15) is 0 Å². The third-order valence-corrected chi connectivity index (χ3v) is 5.64. The fourth-order valence-corrected chi connectivity index (χ4v) is 3.68. The van der Waals surface area contributed by atoms with E-state index in [1.54, 1.807) is 7.11 Å². The highest BCUT2D eigenvalue weighted by atomic mass is 79.9. The molecule has 142 valence electrons. The minimum atomic E-state index is -0.0385. The second-order valence-corrected chi connectivity index (χ2v) is 8.29. The summed E-state index contributed by atoms with van der Waals surface area (Å²) in [4.78, 5) is 7.79. The van der Waals surface area contributed by atoms with Gasteiger partial charge < -0.3 is 14.1 Å². The molecule has 2 aromatic heterocycles. The zero-order valence-corrected chi connectivity index (χ0v) is 17.6. The van der Waals surface area contributed by atoms with Gasteiger partial charge in [-0.25, -0.2) is 4.98 Å². The van der Waals surface area contributed by atoms with Gasteiger partial charge in [-0.05, 0) is 48.9 Å². The predicted molar refractivity (Wildman–Crippen MR) is 112 cm³/mol. The van der Waals surface area contributed by atoms with Gasteiger partial charge in [0.05, 0.1) is 24.3 Å². The van der Waals surface area contributed by atoms with Crippen LogP contribution in [0.3, 0.4) is 0 Å².